The lowest BCUT2D eigenvalue weighted by Crippen LogP contribution is -2.14. The molecule has 0 saturated heterocycles. The van der Waals surface area contributed by atoms with Crippen LogP contribution < -0.4 is 19.9 Å². The van der Waals surface area contributed by atoms with Crippen molar-refractivity contribution in [2.24, 2.45) is 7.05 Å². The smallest absolute Gasteiger partial charge is 0.387 e. The van der Waals surface area contributed by atoms with Gasteiger partial charge >= 0.3 is 6.61 Å². The molecule has 28 heavy (non-hydrogen) atoms. The zero-order chi connectivity index (χ0) is 20.0. The molecule has 0 spiro atoms. The van der Waals surface area contributed by atoms with E-state index < -0.39 is 6.61 Å². The van der Waals surface area contributed by atoms with Crippen molar-refractivity contribution in [1.82, 2.24) is 14.8 Å². The summed E-state index contributed by atoms with van der Waals surface area (Å²) in [4.78, 5) is 14.3. The maximum atomic E-state index is 12.8. The Hall–Kier alpha value is -3.10. The molecule has 0 bridgehead atoms. The number of benzene rings is 1. The minimum atomic E-state index is -2.94. The Morgan fingerprint density at radius 1 is 1.29 bits per heavy atom. The first-order chi connectivity index (χ1) is 13.4. The number of nitrogens with zero attached hydrogens (tertiary/aromatic N) is 3. The molecule has 4 rings (SSSR count). The molecule has 1 fully saturated rings. The fraction of sp³-hybridized carbons (Fsp3) is 0.368. The molecule has 148 valence electrons. The zero-order valence-corrected chi connectivity index (χ0v) is 15.7. The zero-order valence-electron chi connectivity index (χ0n) is 15.7. The summed E-state index contributed by atoms with van der Waals surface area (Å²) in [6, 6.07) is 4.83. The summed E-state index contributed by atoms with van der Waals surface area (Å²) >= 11 is 0. The lowest BCUT2D eigenvalue weighted by molar-refractivity contribution is -0.0516. The third-order valence-electron chi connectivity index (χ3n) is 4.69. The van der Waals surface area contributed by atoms with Crippen LogP contribution >= 0.6 is 0 Å². The van der Waals surface area contributed by atoms with Crippen LogP contribution in [0.1, 0.15) is 12.8 Å². The summed E-state index contributed by atoms with van der Waals surface area (Å²) in [6.07, 6.45) is 3.37. The van der Waals surface area contributed by atoms with Crippen molar-refractivity contribution in [3.05, 3.63) is 34.7 Å². The molecule has 0 amide bonds. The van der Waals surface area contributed by atoms with Gasteiger partial charge in [0.2, 0.25) is 0 Å². The van der Waals surface area contributed by atoms with Crippen molar-refractivity contribution < 1.29 is 18.3 Å². The number of alkyl halides is 2. The average molecular weight is 390 g/mol. The third-order valence-corrected chi connectivity index (χ3v) is 4.69. The number of ether oxygens (including phenoxy) is 2. The number of anilines is 1. The topological polar surface area (TPSA) is 72.4 Å². The van der Waals surface area contributed by atoms with E-state index in [1.165, 1.54) is 6.07 Å². The summed E-state index contributed by atoms with van der Waals surface area (Å²) < 4.78 is 37.8. The van der Waals surface area contributed by atoms with Crippen LogP contribution in [0.2, 0.25) is 0 Å². The number of H-pyrrole nitrogens is 1. The molecule has 0 aliphatic heterocycles. The van der Waals surface area contributed by atoms with Crippen LogP contribution in [0.25, 0.3) is 22.2 Å². The molecule has 2 heterocycles. The first-order valence-electron chi connectivity index (χ1n) is 8.86. The maximum absolute atomic E-state index is 12.8. The molecule has 1 aliphatic carbocycles. The molecule has 1 saturated carbocycles. The lowest BCUT2D eigenvalue weighted by Gasteiger charge is -2.17. The minimum Gasteiger partial charge on any atom is -0.487 e. The van der Waals surface area contributed by atoms with E-state index in [4.69, 9.17) is 4.74 Å². The highest BCUT2D eigenvalue weighted by Gasteiger charge is 2.27. The van der Waals surface area contributed by atoms with Crippen LogP contribution in [0.4, 0.5) is 14.5 Å². The Morgan fingerprint density at radius 3 is 2.68 bits per heavy atom. The van der Waals surface area contributed by atoms with Gasteiger partial charge in [0.25, 0.3) is 5.56 Å². The molecule has 1 aliphatic rings. The molecule has 1 N–H and O–H groups in total. The van der Waals surface area contributed by atoms with Crippen molar-refractivity contribution in [3.8, 4) is 22.8 Å². The highest BCUT2D eigenvalue weighted by Crippen LogP contribution is 2.42. The quantitative estimate of drug-likeness (QED) is 0.700. The Balaban J connectivity index is 1.92. The largest absolute Gasteiger partial charge is 0.487 e. The molecular weight excluding hydrogens is 370 g/mol. The van der Waals surface area contributed by atoms with Crippen molar-refractivity contribution in [1.29, 1.82) is 0 Å². The first-order valence-corrected chi connectivity index (χ1v) is 8.86. The Labute approximate surface area is 159 Å². The molecule has 0 radical (unpaired) electrons. The molecule has 0 atom stereocenters. The van der Waals surface area contributed by atoms with Gasteiger partial charge in [0.05, 0.1) is 34.6 Å². The summed E-state index contributed by atoms with van der Waals surface area (Å²) in [5.41, 5.74) is 2.55. The van der Waals surface area contributed by atoms with E-state index in [-0.39, 0.29) is 23.2 Å². The number of halogens is 2. The number of nitrogens with one attached hydrogen (secondary N) is 1. The SMILES string of the molecule is CN(C)c1c(-c2ccc(OC(F)F)c(OC3CC3)c2)n(C)c2cn[nH]c(=O)c12. The Kier molecular flexibility index (Phi) is 4.44. The van der Waals surface area contributed by atoms with E-state index in [0.717, 1.165) is 24.1 Å². The predicted octanol–water partition coefficient (Wildman–Crippen LogP) is 3.14. The Bertz CT molecular complexity index is 1090. The number of aromatic amines is 1. The average Bonchev–Trinajstić information content (AvgIpc) is 3.39. The van der Waals surface area contributed by atoms with E-state index in [2.05, 4.69) is 14.9 Å². The summed E-state index contributed by atoms with van der Waals surface area (Å²) in [5, 5.41) is 6.86. The number of hydrogen-bond donors (Lipinski definition) is 1. The maximum Gasteiger partial charge on any atom is 0.387 e. The van der Waals surface area contributed by atoms with Crippen molar-refractivity contribution >= 4 is 16.6 Å². The molecule has 7 nitrogen and oxygen atoms in total. The molecule has 2 aromatic heterocycles. The second-order valence-corrected chi connectivity index (χ2v) is 6.97. The van der Waals surface area contributed by atoms with Crippen molar-refractivity contribution in [2.75, 3.05) is 19.0 Å². The van der Waals surface area contributed by atoms with Gasteiger partial charge in [-0.25, -0.2) is 5.10 Å². The van der Waals surface area contributed by atoms with Gasteiger partial charge in [-0.1, -0.05) is 0 Å². The number of aryl methyl sites for hydroxylation is 1. The van der Waals surface area contributed by atoms with Crippen molar-refractivity contribution in [3.63, 3.8) is 0 Å². The summed E-state index contributed by atoms with van der Waals surface area (Å²) in [6.45, 7) is -2.94. The summed E-state index contributed by atoms with van der Waals surface area (Å²) in [5.74, 6) is 0.262. The Morgan fingerprint density at radius 2 is 2.04 bits per heavy atom. The molecular formula is C19H20F2N4O3. The molecule has 1 aromatic carbocycles. The molecule has 9 heteroatoms. The standard InChI is InChI=1S/C19H20F2N4O3/c1-24(2)17-15-12(9-22-23-18(15)26)25(3)16(17)10-4-7-13(28-19(20)21)14(8-10)27-11-5-6-11/h4,7-9,11,19H,5-6H2,1-3H3,(H,23,26). The number of hydrogen-bond acceptors (Lipinski definition) is 5. The predicted molar refractivity (Wildman–Crippen MR) is 101 cm³/mol. The van der Waals surface area contributed by atoms with Crippen LogP contribution in [0.3, 0.4) is 0 Å². The van der Waals surface area contributed by atoms with E-state index in [9.17, 15) is 13.6 Å². The van der Waals surface area contributed by atoms with Gasteiger partial charge in [0.1, 0.15) is 0 Å². The van der Waals surface area contributed by atoms with E-state index in [1.807, 2.05) is 30.6 Å². The van der Waals surface area contributed by atoms with Gasteiger partial charge in [0, 0.05) is 26.7 Å². The number of aromatic nitrogens is 3. The minimum absolute atomic E-state index is 0.00432. The van der Waals surface area contributed by atoms with Crippen LogP contribution in [-0.4, -0.2) is 41.6 Å². The third kappa shape index (κ3) is 3.17. The van der Waals surface area contributed by atoms with Gasteiger partial charge in [0.15, 0.2) is 11.5 Å². The highest BCUT2D eigenvalue weighted by atomic mass is 19.3. The van der Waals surface area contributed by atoms with Crippen LogP contribution in [0, 0.1) is 0 Å². The number of fused-ring (bicyclic) bond motifs is 1. The van der Waals surface area contributed by atoms with Gasteiger partial charge in [-0.3, -0.25) is 4.79 Å². The van der Waals surface area contributed by atoms with Gasteiger partial charge in [-0.15, -0.1) is 0 Å². The molecule has 3 aromatic rings. The second-order valence-electron chi connectivity index (χ2n) is 6.97. The fourth-order valence-corrected chi connectivity index (χ4v) is 3.34. The van der Waals surface area contributed by atoms with Gasteiger partial charge < -0.3 is 18.9 Å². The van der Waals surface area contributed by atoms with Gasteiger partial charge in [-0.05, 0) is 31.0 Å². The van der Waals surface area contributed by atoms with E-state index in [0.29, 0.717) is 16.6 Å². The molecule has 0 unspecified atom stereocenters. The van der Waals surface area contributed by atoms with Crippen LogP contribution in [-0.2, 0) is 7.05 Å². The number of rotatable bonds is 6. The monoisotopic (exact) mass is 390 g/mol. The highest BCUT2D eigenvalue weighted by molar-refractivity contribution is 6.01. The van der Waals surface area contributed by atoms with Crippen LogP contribution in [0.15, 0.2) is 29.2 Å². The lowest BCUT2D eigenvalue weighted by atomic mass is 10.1. The van der Waals surface area contributed by atoms with Crippen LogP contribution in [0.5, 0.6) is 11.5 Å². The van der Waals surface area contributed by atoms with E-state index >= 15 is 0 Å². The fourth-order valence-electron chi connectivity index (χ4n) is 3.34. The van der Waals surface area contributed by atoms with Crippen molar-refractivity contribution in [2.45, 2.75) is 25.6 Å². The van der Waals surface area contributed by atoms with E-state index in [1.54, 1.807) is 18.3 Å². The second kappa shape index (κ2) is 6.81. The normalized spacial score (nSPS) is 13.9. The first kappa shape index (κ1) is 18.3. The van der Waals surface area contributed by atoms with Gasteiger partial charge in [-0.2, -0.15) is 13.9 Å². The summed E-state index contributed by atoms with van der Waals surface area (Å²) in [7, 11) is 5.51.